The van der Waals surface area contributed by atoms with Crippen LogP contribution in [0.1, 0.15) is 13.3 Å². The zero-order valence-electron chi connectivity index (χ0n) is 9.52. The molecule has 2 fully saturated rings. The average Bonchev–Trinajstić information content (AvgIpc) is 2.92. The molecule has 1 N–H and O–H groups in total. The molecule has 3 rings (SSSR count). The summed E-state index contributed by atoms with van der Waals surface area (Å²) in [5.74, 6) is 0.951. The van der Waals surface area contributed by atoms with Gasteiger partial charge in [-0.15, -0.1) is 0 Å². The lowest BCUT2D eigenvalue weighted by molar-refractivity contribution is 0.0991. The Balaban J connectivity index is 1.75. The number of pyridine rings is 1. The van der Waals surface area contributed by atoms with Gasteiger partial charge < -0.3 is 15.0 Å². The number of ether oxygens (including phenoxy) is 1. The molecule has 16 heavy (non-hydrogen) atoms. The van der Waals surface area contributed by atoms with Crippen LogP contribution in [0.25, 0.3) is 0 Å². The fraction of sp³-hybridized carbons (Fsp3) is 0.583. The van der Waals surface area contributed by atoms with Crippen molar-refractivity contribution >= 4 is 11.5 Å². The molecule has 1 aromatic rings. The fourth-order valence-corrected chi connectivity index (χ4v) is 2.56. The molecule has 2 aliphatic heterocycles. The monoisotopic (exact) mass is 219 g/mol. The molecule has 2 atom stereocenters. The maximum Gasteiger partial charge on any atom is 0.126 e. The second kappa shape index (κ2) is 3.94. The molecule has 2 aliphatic rings. The second-order valence-electron chi connectivity index (χ2n) is 4.43. The predicted molar refractivity (Wildman–Crippen MR) is 63.9 cm³/mol. The highest BCUT2D eigenvalue weighted by Crippen LogP contribution is 2.32. The zero-order valence-corrected chi connectivity index (χ0v) is 9.52. The average molecular weight is 219 g/mol. The van der Waals surface area contributed by atoms with Gasteiger partial charge in [0, 0.05) is 13.1 Å². The lowest BCUT2D eigenvalue weighted by Crippen LogP contribution is -2.36. The Hall–Kier alpha value is -1.29. The van der Waals surface area contributed by atoms with E-state index in [1.165, 1.54) is 12.1 Å². The molecule has 0 amide bonds. The van der Waals surface area contributed by atoms with Crippen LogP contribution in [-0.4, -0.2) is 36.8 Å². The largest absolute Gasteiger partial charge is 0.374 e. The van der Waals surface area contributed by atoms with Gasteiger partial charge in [0.25, 0.3) is 0 Å². The first-order valence-electron chi connectivity index (χ1n) is 5.95. The fourth-order valence-electron chi connectivity index (χ4n) is 2.56. The minimum Gasteiger partial charge on any atom is -0.374 e. The van der Waals surface area contributed by atoms with E-state index < -0.39 is 0 Å². The van der Waals surface area contributed by atoms with E-state index in [1.54, 1.807) is 0 Å². The van der Waals surface area contributed by atoms with Crippen molar-refractivity contribution in [2.45, 2.75) is 25.5 Å². The molecule has 2 bridgehead atoms. The highest BCUT2D eigenvalue weighted by molar-refractivity contribution is 5.51. The van der Waals surface area contributed by atoms with E-state index in [0.717, 1.165) is 25.5 Å². The molecule has 4 nitrogen and oxygen atoms in total. The van der Waals surface area contributed by atoms with Gasteiger partial charge in [-0.1, -0.05) is 0 Å². The van der Waals surface area contributed by atoms with E-state index in [-0.39, 0.29) is 0 Å². The number of nitrogens with zero attached hydrogens (tertiary/aromatic N) is 2. The summed E-state index contributed by atoms with van der Waals surface area (Å²) in [5.41, 5.74) is 1.22. The first kappa shape index (κ1) is 9.90. The Kier molecular flexibility index (Phi) is 2.44. The van der Waals surface area contributed by atoms with Gasteiger partial charge in [-0.25, -0.2) is 4.98 Å². The number of anilines is 2. The number of morpholine rings is 1. The van der Waals surface area contributed by atoms with Gasteiger partial charge >= 0.3 is 0 Å². The number of aromatic nitrogens is 1. The minimum atomic E-state index is 0.443. The number of hydrogen-bond acceptors (Lipinski definition) is 4. The van der Waals surface area contributed by atoms with Crippen molar-refractivity contribution in [3.8, 4) is 0 Å². The number of hydrogen-bond donors (Lipinski definition) is 1. The standard InChI is InChI=1S/C12H17N3O/c1-2-13-12-4-3-9(6-14-12)15-7-11-5-10(15)8-16-11/h3-4,6,10-11H,2,5,7-8H2,1H3,(H,13,14)/t10-,11-/m0/s1. The van der Waals surface area contributed by atoms with Crippen LogP contribution < -0.4 is 10.2 Å². The topological polar surface area (TPSA) is 37.4 Å². The molecule has 1 aromatic heterocycles. The smallest absolute Gasteiger partial charge is 0.126 e. The van der Waals surface area contributed by atoms with Gasteiger partial charge in [0.15, 0.2) is 0 Å². The summed E-state index contributed by atoms with van der Waals surface area (Å²) in [5, 5.41) is 3.20. The van der Waals surface area contributed by atoms with E-state index in [9.17, 15) is 0 Å². The van der Waals surface area contributed by atoms with Crippen LogP contribution >= 0.6 is 0 Å². The van der Waals surface area contributed by atoms with Crippen molar-refractivity contribution in [1.29, 1.82) is 0 Å². The van der Waals surface area contributed by atoms with Crippen molar-refractivity contribution < 1.29 is 4.74 Å². The summed E-state index contributed by atoms with van der Waals surface area (Å²) in [6.45, 7) is 4.88. The van der Waals surface area contributed by atoms with E-state index in [0.29, 0.717) is 12.1 Å². The molecule has 2 saturated heterocycles. The van der Waals surface area contributed by atoms with E-state index in [2.05, 4.69) is 28.2 Å². The Labute approximate surface area is 95.6 Å². The molecule has 0 aliphatic carbocycles. The van der Waals surface area contributed by atoms with Gasteiger partial charge in [-0.3, -0.25) is 0 Å². The van der Waals surface area contributed by atoms with Crippen LogP contribution in [0.15, 0.2) is 18.3 Å². The molecule has 3 heterocycles. The summed E-state index contributed by atoms with van der Waals surface area (Å²) in [6.07, 6.45) is 3.58. The highest BCUT2D eigenvalue weighted by atomic mass is 16.5. The lowest BCUT2D eigenvalue weighted by Gasteiger charge is -2.28. The molecular weight excluding hydrogens is 202 g/mol. The molecule has 0 radical (unpaired) electrons. The summed E-state index contributed by atoms with van der Waals surface area (Å²) < 4.78 is 5.59. The molecule has 0 saturated carbocycles. The van der Waals surface area contributed by atoms with Gasteiger partial charge in [0.05, 0.1) is 30.6 Å². The highest BCUT2D eigenvalue weighted by Gasteiger charge is 2.38. The van der Waals surface area contributed by atoms with Gasteiger partial charge in [0.2, 0.25) is 0 Å². The second-order valence-corrected chi connectivity index (χ2v) is 4.43. The van der Waals surface area contributed by atoms with Crippen LogP contribution in [0, 0.1) is 0 Å². The molecule has 0 aromatic carbocycles. The summed E-state index contributed by atoms with van der Waals surface area (Å²) in [6, 6.07) is 4.76. The molecule has 4 heteroatoms. The number of rotatable bonds is 3. The Bertz CT molecular complexity index is 365. The van der Waals surface area contributed by atoms with E-state index in [1.807, 2.05) is 12.3 Å². The summed E-state index contributed by atoms with van der Waals surface area (Å²) in [7, 11) is 0. The van der Waals surface area contributed by atoms with Crippen molar-refractivity contribution in [2.24, 2.45) is 0 Å². The Morgan fingerprint density at radius 1 is 1.56 bits per heavy atom. The van der Waals surface area contributed by atoms with Crippen LogP contribution in [0.4, 0.5) is 11.5 Å². The van der Waals surface area contributed by atoms with Crippen LogP contribution in [0.2, 0.25) is 0 Å². The van der Waals surface area contributed by atoms with Crippen molar-refractivity contribution in [3.63, 3.8) is 0 Å². The van der Waals surface area contributed by atoms with Crippen LogP contribution in [-0.2, 0) is 4.74 Å². The quantitative estimate of drug-likeness (QED) is 0.835. The molecule has 0 unspecified atom stereocenters. The minimum absolute atomic E-state index is 0.443. The molecule has 86 valence electrons. The van der Waals surface area contributed by atoms with Crippen LogP contribution in [0.3, 0.4) is 0 Å². The summed E-state index contributed by atoms with van der Waals surface area (Å²) in [4.78, 5) is 6.82. The van der Waals surface area contributed by atoms with E-state index in [4.69, 9.17) is 4.74 Å². The van der Waals surface area contributed by atoms with Gasteiger partial charge in [0.1, 0.15) is 5.82 Å². The number of nitrogens with one attached hydrogen (secondary N) is 1. The van der Waals surface area contributed by atoms with Crippen molar-refractivity contribution in [3.05, 3.63) is 18.3 Å². The normalized spacial score (nSPS) is 27.4. The first-order valence-corrected chi connectivity index (χ1v) is 5.95. The predicted octanol–water partition coefficient (Wildman–Crippen LogP) is 1.49. The van der Waals surface area contributed by atoms with Gasteiger partial charge in [-0.2, -0.15) is 0 Å². The molecular formula is C12H17N3O. The third kappa shape index (κ3) is 1.63. The van der Waals surface area contributed by atoms with Crippen molar-refractivity contribution in [2.75, 3.05) is 29.9 Å². The number of fused-ring (bicyclic) bond motifs is 2. The third-order valence-corrected chi connectivity index (χ3v) is 3.34. The zero-order chi connectivity index (χ0) is 11.0. The molecule has 0 spiro atoms. The maximum absolute atomic E-state index is 5.59. The van der Waals surface area contributed by atoms with Crippen LogP contribution in [0.5, 0.6) is 0 Å². The first-order chi connectivity index (χ1) is 7.86. The SMILES string of the molecule is CCNc1ccc(N2C[C@@H]3C[C@H]2CO3)cn1. The Morgan fingerprint density at radius 2 is 2.50 bits per heavy atom. The summed E-state index contributed by atoms with van der Waals surface area (Å²) >= 11 is 0. The maximum atomic E-state index is 5.59. The third-order valence-electron chi connectivity index (χ3n) is 3.34. The Morgan fingerprint density at radius 3 is 3.06 bits per heavy atom. The van der Waals surface area contributed by atoms with Crippen molar-refractivity contribution in [1.82, 2.24) is 4.98 Å². The van der Waals surface area contributed by atoms with E-state index >= 15 is 0 Å². The van der Waals surface area contributed by atoms with Gasteiger partial charge in [-0.05, 0) is 25.5 Å². The lowest BCUT2D eigenvalue weighted by atomic mass is 10.2.